The first kappa shape index (κ1) is 13.7. The van der Waals surface area contributed by atoms with Crippen molar-refractivity contribution < 1.29 is 9.47 Å². The van der Waals surface area contributed by atoms with Crippen LogP contribution in [0.15, 0.2) is 12.2 Å². The average Bonchev–Trinajstić information content (AvgIpc) is 2.22. The summed E-state index contributed by atoms with van der Waals surface area (Å²) in [5.74, 6) is 0. The lowest BCUT2D eigenvalue weighted by atomic mass is 10.1. The van der Waals surface area contributed by atoms with Gasteiger partial charge in [0.15, 0.2) is 6.29 Å². The molecule has 0 rings (SSSR count). The Kier molecular flexibility index (Phi) is 10.5. The molecule has 0 fully saturated rings. The quantitative estimate of drug-likeness (QED) is 0.322. The number of unbranched alkanes of at least 4 members (excludes halogenated alkanes) is 3. The van der Waals surface area contributed by atoms with Gasteiger partial charge in [0.2, 0.25) is 0 Å². The second-order valence-corrected chi connectivity index (χ2v) is 3.42. The molecule has 0 aromatic carbocycles. The van der Waals surface area contributed by atoms with Crippen molar-refractivity contribution >= 4 is 0 Å². The van der Waals surface area contributed by atoms with Crippen molar-refractivity contribution in [3.63, 3.8) is 0 Å². The van der Waals surface area contributed by atoms with Gasteiger partial charge in [-0.2, -0.15) is 0 Å². The molecule has 0 saturated heterocycles. The fourth-order valence-corrected chi connectivity index (χ4v) is 1.37. The molecule has 0 unspecified atom stereocenters. The van der Waals surface area contributed by atoms with Crippen LogP contribution in [0.1, 0.15) is 45.4 Å². The monoisotopic (exact) mass is 200 g/mol. The smallest absolute Gasteiger partial charge is 0.156 e. The van der Waals surface area contributed by atoms with E-state index in [-0.39, 0.29) is 6.29 Å². The molecule has 0 aromatic rings. The zero-order valence-corrected chi connectivity index (χ0v) is 9.79. The first-order chi connectivity index (χ1) is 6.85. The Balaban J connectivity index is 3.16. The van der Waals surface area contributed by atoms with E-state index < -0.39 is 0 Å². The normalized spacial score (nSPS) is 11.7. The van der Waals surface area contributed by atoms with Crippen molar-refractivity contribution in [1.82, 2.24) is 0 Å². The lowest BCUT2D eigenvalue weighted by Crippen LogP contribution is -2.12. The van der Waals surface area contributed by atoms with Crippen molar-refractivity contribution in [3.05, 3.63) is 12.2 Å². The van der Waals surface area contributed by atoms with Gasteiger partial charge >= 0.3 is 0 Å². The molecule has 2 heteroatoms. The van der Waals surface area contributed by atoms with E-state index in [9.17, 15) is 0 Å². The van der Waals surface area contributed by atoms with Crippen LogP contribution < -0.4 is 0 Å². The van der Waals surface area contributed by atoms with E-state index in [1.165, 1.54) is 25.7 Å². The molecule has 84 valence electrons. The Morgan fingerprint density at radius 3 is 2.29 bits per heavy atom. The third-order valence-electron chi connectivity index (χ3n) is 2.24. The Hall–Kier alpha value is -0.340. The van der Waals surface area contributed by atoms with Crippen LogP contribution in [0, 0.1) is 0 Å². The van der Waals surface area contributed by atoms with Gasteiger partial charge in [-0.25, -0.2) is 0 Å². The number of ether oxygens (including phenoxy) is 2. The van der Waals surface area contributed by atoms with E-state index >= 15 is 0 Å². The molecule has 0 bridgehead atoms. The number of hydrogen-bond donors (Lipinski definition) is 0. The highest BCUT2D eigenvalue weighted by atomic mass is 16.7. The maximum atomic E-state index is 5.11. The molecule has 0 aliphatic heterocycles. The highest BCUT2D eigenvalue weighted by molar-refractivity contribution is 4.79. The third kappa shape index (κ3) is 8.27. The number of allylic oxidation sites excluding steroid dienone is 2. The van der Waals surface area contributed by atoms with Gasteiger partial charge in [-0.3, -0.25) is 0 Å². The molecule has 0 atom stereocenters. The van der Waals surface area contributed by atoms with Gasteiger partial charge in [0.25, 0.3) is 0 Å². The van der Waals surface area contributed by atoms with Gasteiger partial charge < -0.3 is 9.47 Å². The van der Waals surface area contributed by atoms with E-state index in [4.69, 9.17) is 9.47 Å². The van der Waals surface area contributed by atoms with E-state index in [1.807, 2.05) is 0 Å². The van der Waals surface area contributed by atoms with Gasteiger partial charge in [-0.15, -0.1) is 0 Å². The van der Waals surface area contributed by atoms with Crippen molar-refractivity contribution in [2.45, 2.75) is 51.7 Å². The molecule has 0 heterocycles. The standard InChI is InChI=1S/C12H24O2/c1-4-5-6-7-8-9-10-11-12(13-2)14-3/h5-6,12H,4,7-11H2,1-3H3/b6-5+. The molecule has 0 amide bonds. The summed E-state index contributed by atoms with van der Waals surface area (Å²) in [6.45, 7) is 2.16. The Morgan fingerprint density at radius 2 is 1.71 bits per heavy atom. The zero-order chi connectivity index (χ0) is 10.6. The Labute approximate surface area is 88.3 Å². The van der Waals surface area contributed by atoms with E-state index in [1.54, 1.807) is 14.2 Å². The average molecular weight is 200 g/mol. The zero-order valence-electron chi connectivity index (χ0n) is 9.79. The van der Waals surface area contributed by atoms with E-state index in [2.05, 4.69) is 19.1 Å². The molecule has 0 spiro atoms. The third-order valence-corrected chi connectivity index (χ3v) is 2.24. The summed E-state index contributed by atoms with van der Waals surface area (Å²) in [5, 5.41) is 0. The highest BCUT2D eigenvalue weighted by Crippen LogP contribution is 2.08. The fourth-order valence-electron chi connectivity index (χ4n) is 1.37. The van der Waals surface area contributed by atoms with Crippen LogP contribution in [0.4, 0.5) is 0 Å². The minimum Gasteiger partial charge on any atom is -0.356 e. The molecular formula is C12H24O2. The summed E-state index contributed by atoms with van der Waals surface area (Å²) in [7, 11) is 3.39. The van der Waals surface area contributed by atoms with Crippen LogP contribution >= 0.6 is 0 Å². The van der Waals surface area contributed by atoms with Crippen molar-refractivity contribution in [2.75, 3.05) is 14.2 Å². The maximum Gasteiger partial charge on any atom is 0.156 e. The molecule has 0 radical (unpaired) electrons. The van der Waals surface area contributed by atoms with E-state index in [0.717, 1.165) is 12.8 Å². The largest absolute Gasteiger partial charge is 0.356 e. The summed E-state index contributed by atoms with van der Waals surface area (Å²) in [6, 6.07) is 0. The van der Waals surface area contributed by atoms with Crippen molar-refractivity contribution in [1.29, 1.82) is 0 Å². The second-order valence-electron chi connectivity index (χ2n) is 3.42. The molecule has 0 aromatic heterocycles. The van der Waals surface area contributed by atoms with Crippen LogP contribution in [-0.2, 0) is 9.47 Å². The van der Waals surface area contributed by atoms with Crippen LogP contribution in [-0.4, -0.2) is 20.5 Å². The number of hydrogen-bond acceptors (Lipinski definition) is 2. The Morgan fingerprint density at radius 1 is 1.00 bits per heavy atom. The topological polar surface area (TPSA) is 18.5 Å². The molecule has 0 N–H and O–H groups in total. The number of rotatable bonds is 9. The minimum absolute atomic E-state index is 0.0128. The van der Waals surface area contributed by atoms with Gasteiger partial charge in [-0.05, 0) is 32.1 Å². The summed E-state index contributed by atoms with van der Waals surface area (Å²) in [5.41, 5.74) is 0. The fraction of sp³-hybridized carbons (Fsp3) is 0.833. The van der Waals surface area contributed by atoms with Gasteiger partial charge in [0, 0.05) is 14.2 Å². The molecule has 0 aliphatic carbocycles. The summed E-state index contributed by atoms with van der Waals surface area (Å²) in [4.78, 5) is 0. The van der Waals surface area contributed by atoms with Crippen LogP contribution in [0.3, 0.4) is 0 Å². The molecule has 2 nitrogen and oxygen atoms in total. The molecule has 0 saturated carbocycles. The van der Waals surface area contributed by atoms with Crippen molar-refractivity contribution in [2.24, 2.45) is 0 Å². The van der Waals surface area contributed by atoms with Crippen LogP contribution in [0.5, 0.6) is 0 Å². The lowest BCUT2D eigenvalue weighted by molar-refractivity contribution is -0.107. The predicted molar refractivity (Wildman–Crippen MR) is 60.3 cm³/mol. The number of methoxy groups -OCH3 is 2. The van der Waals surface area contributed by atoms with Gasteiger partial charge in [0.1, 0.15) is 0 Å². The maximum absolute atomic E-state index is 5.11. The van der Waals surface area contributed by atoms with Gasteiger partial charge in [0.05, 0.1) is 0 Å². The highest BCUT2D eigenvalue weighted by Gasteiger charge is 2.02. The first-order valence-electron chi connectivity index (χ1n) is 5.55. The molecular weight excluding hydrogens is 176 g/mol. The summed E-state index contributed by atoms with van der Waals surface area (Å²) >= 11 is 0. The molecule has 0 aliphatic rings. The second kappa shape index (κ2) is 10.7. The first-order valence-corrected chi connectivity index (χ1v) is 5.55. The molecule has 14 heavy (non-hydrogen) atoms. The van der Waals surface area contributed by atoms with Crippen LogP contribution in [0.2, 0.25) is 0 Å². The lowest BCUT2D eigenvalue weighted by Gasteiger charge is -2.12. The van der Waals surface area contributed by atoms with E-state index in [0.29, 0.717) is 0 Å². The van der Waals surface area contributed by atoms with Crippen LogP contribution in [0.25, 0.3) is 0 Å². The minimum atomic E-state index is -0.0128. The Bertz CT molecular complexity index is 128. The SMILES string of the molecule is CC/C=C/CCCCCC(OC)OC. The summed E-state index contributed by atoms with van der Waals surface area (Å²) < 4.78 is 10.2. The van der Waals surface area contributed by atoms with Gasteiger partial charge in [-0.1, -0.05) is 25.5 Å². The summed E-state index contributed by atoms with van der Waals surface area (Å²) in [6.07, 6.45) is 11.6. The van der Waals surface area contributed by atoms with Crippen molar-refractivity contribution in [3.8, 4) is 0 Å². The predicted octanol–water partition coefficient (Wildman–Crippen LogP) is 3.52.